The van der Waals surface area contributed by atoms with Crippen molar-refractivity contribution in [1.82, 2.24) is 10.2 Å². The lowest BCUT2D eigenvalue weighted by molar-refractivity contribution is -0.138. The Labute approximate surface area is 191 Å². The topological polar surface area (TPSA) is 111 Å². The van der Waals surface area contributed by atoms with Crippen molar-refractivity contribution in [3.63, 3.8) is 0 Å². The molecule has 32 heavy (non-hydrogen) atoms. The lowest BCUT2D eigenvalue weighted by Crippen LogP contribution is -2.16. The largest absolute Gasteiger partial charge is 0.481 e. The van der Waals surface area contributed by atoms with Gasteiger partial charge in [0, 0.05) is 18.6 Å². The molecule has 1 atom stereocenters. The molecule has 1 aliphatic heterocycles. The number of amides is 1. The number of carbonyl (C=O) groups is 2. The van der Waals surface area contributed by atoms with Gasteiger partial charge in [-0.05, 0) is 68.1 Å². The second-order valence-corrected chi connectivity index (χ2v) is 9.60. The fourth-order valence-corrected chi connectivity index (χ4v) is 5.11. The molecule has 1 saturated heterocycles. The molecule has 8 nitrogen and oxygen atoms in total. The number of nitrogens with zero attached hydrogens (tertiary/aromatic N) is 2. The van der Waals surface area contributed by atoms with Crippen LogP contribution in [0.2, 0.25) is 0 Å². The Hall–Kier alpha value is -2.36. The number of carboxylic acid groups (broad SMARTS) is 1. The SMILES string of the molecule is O=C(O)C[C@H]1CC[C@H](c2ccc(C(=O)Nc3nnc(COCC4CCCO4)s3)cc2)CC1. The summed E-state index contributed by atoms with van der Waals surface area (Å²) in [4.78, 5) is 23.5. The summed E-state index contributed by atoms with van der Waals surface area (Å²) >= 11 is 1.31. The number of carbonyl (C=O) groups excluding carboxylic acids is 1. The molecule has 1 aliphatic carbocycles. The van der Waals surface area contributed by atoms with E-state index >= 15 is 0 Å². The molecule has 0 spiro atoms. The van der Waals surface area contributed by atoms with Gasteiger partial charge in [-0.3, -0.25) is 14.9 Å². The first-order chi connectivity index (χ1) is 15.6. The zero-order valence-electron chi connectivity index (χ0n) is 18.0. The summed E-state index contributed by atoms with van der Waals surface area (Å²) in [5, 5.41) is 21.0. The second kappa shape index (κ2) is 11.0. The van der Waals surface area contributed by atoms with Crippen LogP contribution < -0.4 is 5.32 Å². The van der Waals surface area contributed by atoms with Gasteiger partial charge >= 0.3 is 5.97 Å². The third kappa shape index (κ3) is 6.34. The van der Waals surface area contributed by atoms with E-state index in [0.29, 0.717) is 34.8 Å². The summed E-state index contributed by atoms with van der Waals surface area (Å²) < 4.78 is 11.2. The van der Waals surface area contributed by atoms with Gasteiger partial charge in [-0.2, -0.15) is 0 Å². The third-order valence-corrected chi connectivity index (χ3v) is 7.01. The molecule has 2 aliphatic rings. The highest BCUT2D eigenvalue weighted by Crippen LogP contribution is 2.37. The average molecular weight is 460 g/mol. The number of benzene rings is 1. The molecule has 1 amide bonds. The summed E-state index contributed by atoms with van der Waals surface area (Å²) in [6, 6.07) is 7.67. The summed E-state index contributed by atoms with van der Waals surface area (Å²) in [7, 11) is 0. The van der Waals surface area contributed by atoms with Crippen molar-refractivity contribution in [2.45, 2.75) is 63.6 Å². The first-order valence-corrected chi connectivity index (χ1v) is 12.0. The van der Waals surface area contributed by atoms with Crippen molar-refractivity contribution in [3.05, 3.63) is 40.4 Å². The lowest BCUT2D eigenvalue weighted by atomic mass is 9.77. The Morgan fingerprint density at radius 3 is 2.59 bits per heavy atom. The average Bonchev–Trinajstić information content (AvgIpc) is 3.46. The van der Waals surface area contributed by atoms with Crippen molar-refractivity contribution >= 4 is 28.3 Å². The van der Waals surface area contributed by atoms with Gasteiger partial charge in [0.1, 0.15) is 11.6 Å². The quantitative estimate of drug-likeness (QED) is 0.577. The van der Waals surface area contributed by atoms with Crippen molar-refractivity contribution < 1.29 is 24.2 Å². The highest BCUT2D eigenvalue weighted by Gasteiger charge is 2.24. The van der Waals surface area contributed by atoms with Gasteiger partial charge in [-0.25, -0.2) is 0 Å². The minimum atomic E-state index is -0.711. The van der Waals surface area contributed by atoms with E-state index in [0.717, 1.165) is 45.1 Å². The Balaban J connectivity index is 1.23. The number of carboxylic acids is 1. The molecule has 0 radical (unpaired) electrons. The Morgan fingerprint density at radius 2 is 1.91 bits per heavy atom. The van der Waals surface area contributed by atoms with Gasteiger partial charge < -0.3 is 14.6 Å². The first-order valence-electron chi connectivity index (χ1n) is 11.2. The molecule has 2 N–H and O–H groups in total. The smallest absolute Gasteiger partial charge is 0.303 e. The Kier molecular flexibility index (Phi) is 7.83. The van der Waals surface area contributed by atoms with Crippen LogP contribution in [0.15, 0.2) is 24.3 Å². The van der Waals surface area contributed by atoms with E-state index in [9.17, 15) is 9.59 Å². The number of hydrogen-bond acceptors (Lipinski definition) is 7. The third-order valence-electron chi connectivity index (χ3n) is 6.19. The van der Waals surface area contributed by atoms with Crippen molar-refractivity contribution in [2.75, 3.05) is 18.5 Å². The second-order valence-electron chi connectivity index (χ2n) is 8.54. The van der Waals surface area contributed by atoms with Crippen LogP contribution in [0.25, 0.3) is 0 Å². The van der Waals surface area contributed by atoms with Gasteiger partial charge in [-0.15, -0.1) is 10.2 Å². The van der Waals surface area contributed by atoms with Crippen LogP contribution in [0.1, 0.15) is 71.8 Å². The van der Waals surface area contributed by atoms with Crippen molar-refractivity contribution in [1.29, 1.82) is 0 Å². The van der Waals surface area contributed by atoms with Gasteiger partial charge in [0.15, 0.2) is 0 Å². The fourth-order valence-electron chi connectivity index (χ4n) is 4.44. The molecule has 1 aromatic carbocycles. The van der Waals surface area contributed by atoms with Gasteiger partial charge in [0.25, 0.3) is 5.91 Å². The summed E-state index contributed by atoms with van der Waals surface area (Å²) in [6.45, 7) is 1.71. The van der Waals surface area contributed by atoms with E-state index in [-0.39, 0.29) is 24.3 Å². The van der Waals surface area contributed by atoms with E-state index < -0.39 is 5.97 Å². The molecule has 1 aromatic heterocycles. The first kappa shape index (κ1) is 22.8. The van der Waals surface area contributed by atoms with Crippen LogP contribution in [0.4, 0.5) is 5.13 Å². The van der Waals surface area contributed by atoms with Gasteiger partial charge in [0.2, 0.25) is 5.13 Å². The zero-order valence-corrected chi connectivity index (χ0v) is 18.8. The van der Waals surface area contributed by atoms with Crippen LogP contribution in [0, 0.1) is 5.92 Å². The molecule has 0 bridgehead atoms. The monoisotopic (exact) mass is 459 g/mol. The highest BCUT2D eigenvalue weighted by molar-refractivity contribution is 7.15. The number of ether oxygens (including phenoxy) is 2. The van der Waals surface area contributed by atoms with Crippen molar-refractivity contribution in [2.24, 2.45) is 5.92 Å². The number of hydrogen-bond donors (Lipinski definition) is 2. The van der Waals surface area contributed by atoms with Crippen molar-refractivity contribution in [3.8, 4) is 0 Å². The molecule has 1 unspecified atom stereocenters. The number of aromatic nitrogens is 2. The number of rotatable bonds is 9. The maximum absolute atomic E-state index is 12.6. The van der Waals surface area contributed by atoms with E-state index in [1.54, 1.807) is 0 Å². The normalized spacial score (nSPS) is 23.2. The zero-order chi connectivity index (χ0) is 22.3. The van der Waals surface area contributed by atoms with E-state index in [1.807, 2.05) is 24.3 Å². The number of aliphatic carboxylic acids is 1. The molecular weight excluding hydrogens is 430 g/mol. The maximum Gasteiger partial charge on any atom is 0.303 e. The standard InChI is InChI=1S/C23H29N3O5S/c27-21(28)12-15-3-5-16(6-4-15)17-7-9-18(10-8-17)22(29)24-23-26-25-20(32-23)14-30-13-19-2-1-11-31-19/h7-10,15-16,19H,1-6,11-14H2,(H,27,28)(H,24,26,29)/t15-,16-,19?. The number of anilines is 1. The molecular formula is C23H29N3O5S. The van der Waals surface area contributed by atoms with Crippen LogP contribution >= 0.6 is 11.3 Å². The lowest BCUT2D eigenvalue weighted by Gasteiger charge is -2.28. The van der Waals surface area contributed by atoms with Crippen LogP contribution in [0.3, 0.4) is 0 Å². The molecule has 2 fully saturated rings. The van der Waals surface area contributed by atoms with E-state index in [2.05, 4.69) is 15.5 Å². The summed E-state index contributed by atoms with van der Waals surface area (Å²) in [6.07, 6.45) is 6.41. The Bertz CT molecular complexity index is 903. The molecule has 172 valence electrons. The predicted molar refractivity (Wildman–Crippen MR) is 120 cm³/mol. The number of nitrogens with one attached hydrogen (secondary N) is 1. The molecule has 2 heterocycles. The Morgan fingerprint density at radius 1 is 1.12 bits per heavy atom. The fraction of sp³-hybridized carbons (Fsp3) is 0.565. The highest BCUT2D eigenvalue weighted by atomic mass is 32.1. The van der Waals surface area contributed by atoms with E-state index in [1.165, 1.54) is 16.9 Å². The molecule has 2 aromatic rings. The van der Waals surface area contributed by atoms with E-state index in [4.69, 9.17) is 14.6 Å². The molecule has 1 saturated carbocycles. The molecule has 9 heteroatoms. The van der Waals surface area contributed by atoms with Gasteiger partial charge in [0.05, 0.1) is 12.7 Å². The predicted octanol–water partition coefficient (Wildman–Crippen LogP) is 4.23. The molecule has 4 rings (SSSR count). The van der Waals surface area contributed by atoms with Crippen LogP contribution in [-0.4, -0.2) is 46.5 Å². The summed E-state index contributed by atoms with van der Waals surface area (Å²) in [5.41, 5.74) is 1.77. The van der Waals surface area contributed by atoms with Gasteiger partial charge in [-0.1, -0.05) is 23.5 Å². The minimum Gasteiger partial charge on any atom is -0.481 e. The van der Waals surface area contributed by atoms with Crippen LogP contribution in [0.5, 0.6) is 0 Å². The maximum atomic E-state index is 12.6. The minimum absolute atomic E-state index is 0.171. The summed E-state index contributed by atoms with van der Waals surface area (Å²) in [5.74, 6) is -0.216. The van der Waals surface area contributed by atoms with Crippen LogP contribution in [-0.2, 0) is 20.9 Å².